The topological polar surface area (TPSA) is 143 Å². The summed E-state index contributed by atoms with van der Waals surface area (Å²) in [6.07, 6.45) is 2.34. The molecule has 1 fully saturated rings. The van der Waals surface area contributed by atoms with Crippen LogP contribution < -0.4 is 14.6 Å². The molecule has 0 bridgehead atoms. The molecule has 1 aliphatic heterocycles. The van der Waals surface area contributed by atoms with E-state index in [1.54, 1.807) is 4.90 Å². The van der Waals surface area contributed by atoms with Crippen molar-refractivity contribution in [2.45, 2.75) is 25.3 Å². The Kier molecular flexibility index (Phi) is 12.9. The predicted octanol–water partition coefficient (Wildman–Crippen LogP) is 1.20. The number of hydrogen-bond acceptors (Lipinski definition) is 6. The van der Waals surface area contributed by atoms with Crippen molar-refractivity contribution in [3.8, 4) is 0 Å². The Bertz CT molecular complexity index is 797. The van der Waals surface area contributed by atoms with E-state index < -0.39 is 0 Å². The van der Waals surface area contributed by atoms with E-state index in [0.717, 1.165) is 38.2 Å². The summed E-state index contributed by atoms with van der Waals surface area (Å²) in [5.41, 5.74) is 1.63. The molecule has 9 heteroatoms. The maximum Gasteiger partial charge on any atom is -0.870 e. The number of likely N-dealkylation sites (tertiary alicyclic amines) is 1. The van der Waals surface area contributed by atoms with Gasteiger partial charge in [-0.1, -0.05) is 18.2 Å². The minimum atomic E-state index is -0.00560. The summed E-state index contributed by atoms with van der Waals surface area (Å²) in [5, 5.41) is 3.12. The zero-order chi connectivity index (χ0) is 19.9. The van der Waals surface area contributed by atoms with Crippen LogP contribution in [0.3, 0.4) is 0 Å². The van der Waals surface area contributed by atoms with Gasteiger partial charge in [0.05, 0.1) is 0 Å². The molecule has 8 nitrogen and oxygen atoms in total. The Hall–Kier alpha value is -2.24. The number of nitrogens with one attached hydrogen (secondary N) is 1. The number of rotatable bonds is 6. The molecule has 2 aromatic carbocycles. The van der Waals surface area contributed by atoms with E-state index in [0.29, 0.717) is 12.0 Å². The number of hydrogen-bond donors (Lipinski definition) is 1. The largest absolute Gasteiger partial charge is 0.870 e. The molecule has 0 saturated carbocycles. The van der Waals surface area contributed by atoms with Crippen LogP contribution in [0.4, 0.5) is 5.69 Å². The third-order valence-electron chi connectivity index (χ3n) is 5.23. The number of carbonyl (C=O) groups excluding carboxylic acids is 2. The first-order valence-electron chi connectivity index (χ1n) is 9.69. The summed E-state index contributed by atoms with van der Waals surface area (Å²) in [6, 6.07) is 17.5. The van der Waals surface area contributed by atoms with Crippen LogP contribution in [0.5, 0.6) is 0 Å². The van der Waals surface area contributed by atoms with Gasteiger partial charge in [-0.2, -0.15) is 0 Å². The molecular formula is C22H29GeN3O5. The summed E-state index contributed by atoms with van der Waals surface area (Å²) in [7, 11) is 1.83. The van der Waals surface area contributed by atoms with Gasteiger partial charge in [0.2, 0.25) is 0 Å². The third kappa shape index (κ3) is 8.43. The molecule has 1 heterocycles. The molecule has 31 heavy (non-hydrogen) atoms. The van der Waals surface area contributed by atoms with Gasteiger partial charge < -0.3 is 21.7 Å². The minimum Gasteiger partial charge on any atom is -0.870 e. The van der Waals surface area contributed by atoms with E-state index in [9.17, 15) is 9.59 Å². The molecule has 0 unspecified atom stereocenters. The van der Waals surface area contributed by atoms with E-state index in [1.165, 1.54) is 4.40 Å². The zero-order valence-electron chi connectivity index (χ0n) is 17.6. The van der Waals surface area contributed by atoms with Crippen LogP contribution in [0.25, 0.3) is 0 Å². The Morgan fingerprint density at radius 2 is 1.58 bits per heavy atom. The van der Waals surface area contributed by atoms with Crippen LogP contribution in [0.1, 0.15) is 29.6 Å². The van der Waals surface area contributed by atoms with Crippen molar-refractivity contribution in [1.29, 1.82) is 0 Å². The molecule has 0 radical (unpaired) electrons. The first kappa shape index (κ1) is 28.8. The van der Waals surface area contributed by atoms with E-state index in [1.807, 2.05) is 78.2 Å². The van der Waals surface area contributed by atoms with Gasteiger partial charge in [-0.05, 0) is 12.1 Å². The normalized spacial score (nSPS) is 13.8. The van der Waals surface area contributed by atoms with Crippen molar-refractivity contribution in [2.24, 2.45) is 0 Å². The van der Waals surface area contributed by atoms with Crippen molar-refractivity contribution in [2.75, 3.05) is 31.6 Å². The van der Waals surface area contributed by atoms with Gasteiger partial charge in [0.15, 0.2) is 0 Å². The number of piperidine rings is 1. The Labute approximate surface area is 191 Å². The number of nitrogens with zero attached hydrogens (tertiary/aromatic N) is 2. The van der Waals surface area contributed by atoms with Crippen LogP contribution in [0.15, 0.2) is 54.6 Å². The average Bonchev–Trinajstić information content (AvgIpc) is 2.73. The van der Waals surface area contributed by atoms with Crippen LogP contribution in [0.2, 0.25) is 0 Å². The maximum atomic E-state index is 12.5. The molecule has 2 amide bonds. The smallest absolute Gasteiger partial charge is 0.870 e. The second-order valence-electron chi connectivity index (χ2n) is 7.21. The van der Waals surface area contributed by atoms with Crippen molar-refractivity contribution in [3.63, 3.8) is 0 Å². The number of carbonyl (C=O) groups is 2. The van der Waals surface area contributed by atoms with Crippen molar-refractivity contribution in [1.82, 2.24) is 10.2 Å². The SMILES string of the molecule is CN(C(=O)CCN1CCC(NC(=O)c2ccccc2)CC1)c1cc[c]([Ge+3])cc1.[OH-].[OH-].[OH-]. The standard InChI is InChI=1S/C22H26GeN3O2.3H2O/c1-25(20-9-7-18(23)8-10-20)21(27)13-16-26-14-11-19(12-15-26)24-22(28)17-5-3-2-4-6-17;;;/h2-10,19H,11-16H2,1H3,(H,24,28);3*1H2/q+3;;;/p-3. The second kappa shape index (κ2) is 13.9. The first-order chi connectivity index (χ1) is 13.5. The maximum absolute atomic E-state index is 12.5. The third-order valence-corrected chi connectivity index (χ3v) is 5.93. The summed E-state index contributed by atoms with van der Waals surface area (Å²) < 4.78 is 1.19. The quantitative estimate of drug-likeness (QED) is 0.606. The van der Waals surface area contributed by atoms with Gasteiger partial charge in [0.1, 0.15) is 0 Å². The Morgan fingerprint density at radius 3 is 2.16 bits per heavy atom. The zero-order valence-corrected chi connectivity index (χ0v) is 19.7. The van der Waals surface area contributed by atoms with Gasteiger partial charge in [-0.25, -0.2) is 0 Å². The molecule has 166 valence electrons. The van der Waals surface area contributed by atoms with Gasteiger partial charge in [0.25, 0.3) is 5.91 Å². The number of amides is 2. The number of benzene rings is 2. The molecule has 0 spiro atoms. The van der Waals surface area contributed by atoms with Crippen molar-refractivity contribution >= 4 is 38.4 Å². The average molecular weight is 488 g/mol. The number of anilines is 1. The van der Waals surface area contributed by atoms with Crippen LogP contribution in [0, 0.1) is 0 Å². The fraction of sp³-hybridized carbons (Fsp3) is 0.364. The van der Waals surface area contributed by atoms with Crippen LogP contribution >= 0.6 is 0 Å². The van der Waals surface area contributed by atoms with Crippen LogP contribution in [-0.2, 0) is 4.79 Å². The second-order valence-corrected chi connectivity index (χ2v) is 8.42. The molecule has 2 aromatic rings. The van der Waals surface area contributed by atoms with Gasteiger partial charge >= 0.3 is 123 Å². The molecule has 1 aliphatic rings. The summed E-state index contributed by atoms with van der Waals surface area (Å²) >= 11 is 2.04. The van der Waals surface area contributed by atoms with Crippen molar-refractivity contribution < 1.29 is 26.0 Å². The predicted molar refractivity (Wildman–Crippen MR) is 119 cm³/mol. The Morgan fingerprint density at radius 1 is 1.00 bits per heavy atom. The van der Waals surface area contributed by atoms with Crippen LogP contribution in [-0.4, -0.2) is 82.4 Å². The molecule has 0 aromatic heterocycles. The molecule has 3 rings (SSSR count). The first-order valence-corrected chi connectivity index (χ1v) is 10.7. The molecule has 1 saturated heterocycles. The van der Waals surface area contributed by atoms with Gasteiger partial charge in [-0.15, -0.1) is 0 Å². The molecule has 0 aliphatic carbocycles. The van der Waals surface area contributed by atoms with Gasteiger partial charge in [0, 0.05) is 5.56 Å². The minimum absolute atomic E-state index is 0. The van der Waals surface area contributed by atoms with E-state index >= 15 is 0 Å². The van der Waals surface area contributed by atoms with Crippen molar-refractivity contribution in [3.05, 3.63) is 60.2 Å². The fourth-order valence-corrected chi connectivity index (χ4v) is 3.76. The Balaban J connectivity index is 0.00000300. The van der Waals surface area contributed by atoms with E-state index in [2.05, 4.69) is 10.2 Å². The fourth-order valence-electron chi connectivity index (χ4n) is 3.41. The van der Waals surface area contributed by atoms with E-state index in [4.69, 9.17) is 0 Å². The monoisotopic (exact) mass is 489 g/mol. The summed E-state index contributed by atoms with van der Waals surface area (Å²) in [5.74, 6) is 0.123. The molecule has 0 atom stereocenters. The summed E-state index contributed by atoms with van der Waals surface area (Å²) in [6.45, 7) is 2.57. The molecule has 4 N–H and O–H groups in total. The summed E-state index contributed by atoms with van der Waals surface area (Å²) in [4.78, 5) is 28.8. The van der Waals surface area contributed by atoms with Gasteiger partial charge in [-0.3, -0.25) is 4.79 Å². The molecular weight excluding hydrogens is 459 g/mol. The van der Waals surface area contributed by atoms with E-state index in [-0.39, 0.29) is 34.3 Å².